The van der Waals surface area contributed by atoms with E-state index in [1.807, 2.05) is 6.92 Å². The summed E-state index contributed by atoms with van der Waals surface area (Å²) in [4.78, 5) is 4.56. The van der Waals surface area contributed by atoms with Gasteiger partial charge in [-0.2, -0.15) is 0 Å². The number of nitrogens with zero attached hydrogens (tertiary/aromatic N) is 1. The summed E-state index contributed by atoms with van der Waals surface area (Å²) in [5, 5.41) is 6.53. The topological polar surface area (TPSA) is 54.9 Å². The van der Waals surface area contributed by atoms with E-state index in [0.29, 0.717) is 25.5 Å². The lowest BCUT2D eigenvalue weighted by Gasteiger charge is -2.21. The van der Waals surface area contributed by atoms with Crippen LogP contribution in [0.5, 0.6) is 5.75 Å². The second-order valence-corrected chi connectivity index (χ2v) is 6.28. The van der Waals surface area contributed by atoms with Gasteiger partial charge in [0.2, 0.25) is 0 Å². The summed E-state index contributed by atoms with van der Waals surface area (Å²) >= 11 is 0. The average molecular weight is 337 g/mol. The van der Waals surface area contributed by atoms with Gasteiger partial charge in [0.1, 0.15) is 11.6 Å². The number of halogens is 1. The maximum atomic E-state index is 13.7. The molecular formula is C18H28FN3O2. The Morgan fingerprint density at radius 3 is 2.92 bits per heavy atom. The third kappa shape index (κ3) is 5.67. The maximum absolute atomic E-state index is 13.7. The maximum Gasteiger partial charge on any atom is 0.191 e. The average Bonchev–Trinajstić information content (AvgIpc) is 2.54. The molecule has 5 nitrogen and oxygen atoms in total. The highest BCUT2D eigenvalue weighted by Gasteiger charge is 2.16. The Morgan fingerprint density at radius 1 is 1.33 bits per heavy atom. The summed E-state index contributed by atoms with van der Waals surface area (Å²) in [6, 6.07) is 3.01. The van der Waals surface area contributed by atoms with E-state index >= 15 is 0 Å². The molecule has 1 aromatic rings. The minimum absolute atomic E-state index is 0.221. The van der Waals surface area contributed by atoms with Gasteiger partial charge >= 0.3 is 0 Å². The highest BCUT2D eigenvalue weighted by Crippen LogP contribution is 2.29. The van der Waals surface area contributed by atoms with Gasteiger partial charge in [-0.1, -0.05) is 13.8 Å². The summed E-state index contributed by atoms with van der Waals surface area (Å²) < 4.78 is 24.5. The fourth-order valence-corrected chi connectivity index (χ4v) is 2.53. The number of hydrogen-bond donors (Lipinski definition) is 2. The van der Waals surface area contributed by atoms with E-state index in [2.05, 4.69) is 29.5 Å². The molecule has 1 aromatic carbocycles. The van der Waals surface area contributed by atoms with Crippen molar-refractivity contribution in [2.24, 2.45) is 10.9 Å². The standard InChI is InChI=1S/C18H28FN3O2/c1-4-20-18(21-7-5-13(2)3)22-8-6-14-9-16(19)10-15-11-23-12-24-17(14)15/h9-10,13H,4-8,11-12H2,1-3H3,(H2,20,21,22). The van der Waals surface area contributed by atoms with Gasteiger partial charge in [-0.15, -0.1) is 0 Å². The molecule has 0 aromatic heterocycles. The van der Waals surface area contributed by atoms with Crippen molar-refractivity contribution in [2.75, 3.05) is 26.4 Å². The summed E-state index contributed by atoms with van der Waals surface area (Å²) in [6.07, 6.45) is 1.72. The molecule has 0 saturated heterocycles. The smallest absolute Gasteiger partial charge is 0.191 e. The lowest BCUT2D eigenvalue weighted by Crippen LogP contribution is -2.38. The van der Waals surface area contributed by atoms with Crippen molar-refractivity contribution in [2.45, 2.75) is 40.2 Å². The lowest BCUT2D eigenvalue weighted by molar-refractivity contribution is -0.0172. The van der Waals surface area contributed by atoms with Crippen LogP contribution in [0.3, 0.4) is 0 Å². The highest BCUT2D eigenvalue weighted by molar-refractivity contribution is 5.79. The molecule has 1 heterocycles. The quantitative estimate of drug-likeness (QED) is 0.593. The van der Waals surface area contributed by atoms with E-state index in [1.54, 1.807) is 0 Å². The monoisotopic (exact) mass is 337 g/mol. The van der Waals surface area contributed by atoms with Gasteiger partial charge in [0.25, 0.3) is 0 Å². The van der Waals surface area contributed by atoms with E-state index in [4.69, 9.17) is 9.47 Å². The number of ether oxygens (including phenoxy) is 2. The van der Waals surface area contributed by atoms with Crippen LogP contribution in [0.4, 0.5) is 4.39 Å². The van der Waals surface area contributed by atoms with E-state index < -0.39 is 0 Å². The predicted molar refractivity (Wildman–Crippen MR) is 93.8 cm³/mol. The number of guanidine groups is 1. The number of aliphatic imine (C=N–C) groups is 1. The number of nitrogens with one attached hydrogen (secondary N) is 2. The van der Waals surface area contributed by atoms with Gasteiger partial charge in [-0.25, -0.2) is 4.39 Å². The first-order valence-corrected chi connectivity index (χ1v) is 8.64. The van der Waals surface area contributed by atoms with Crippen molar-refractivity contribution in [3.63, 3.8) is 0 Å². The molecule has 1 aliphatic rings. The Labute approximate surface area is 143 Å². The van der Waals surface area contributed by atoms with E-state index in [9.17, 15) is 4.39 Å². The van der Waals surface area contributed by atoms with Crippen molar-refractivity contribution < 1.29 is 13.9 Å². The Hall–Kier alpha value is -1.82. The third-order valence-electron chi connectivity index (χ3n) is 3.76. The molecule has 0 atom stereocenters. The van der Waals surface area contributed by atoms with Crippen LogP contribution < -0.4 is 15.4 Å². The second kappa shape index (κ2) is 9.47. The van der Waals surface area contributed by atoms with Gasteiger partial charge in [0.15, 0.2) is 12.8 Å². The van der Waals surface area contributed by atoms with Crippen LogP contribution in [0, 0.1) is 11.7 Å². The van der Waals surface area contributed by atoms with Crippen LogP contribution in [0.1, 0.15) is 38.3 Å². The van der Waals surface area contributed by atoms with Crippen LogP contribution in [-0.2, 0) is 17.8 Å². The SMILES string of the molecule is CCNC(=NCCC(C)C)NCCc1cc(F)cc2c1OCOC2. The van der Waals surface area contributed by atoms with Crippen molar-refractivity contribution in [3.8, 4) is 5.75 Å². The molecule has 0 spiro atoms. The zero-order chi connectivity index (χ0) is 17.4. The molecule has 0 radical (unpaired) electrons. The predicted octanol–water partition coefficient (Wildman–Crippen LogP) is 2.84. The summed E-state index contributed by atoms with van der Waals surface area (Å²) in [6.45, 7) is 9.29. The largest absolute Gasteiger partial charge is 0.467 e. The highest BCUT2D eigenvalue weighted by atomic mass is 19.1. The molecule has 0 bridgehead atoms. The fraction of sp³-hybridized carbons (Fsp3) is 0.611. The minimum atomic E-state index is -0.254. The van der Waals surface area contributed by atoms with Gasteiger partial charge in [0.05, 0.1) is 6.61 Å². The first kappa shape index (κ1) is 18.5. The first-order chi connectivity index (χ1) is 11.6. The Balaban J connectivity index is 1.93. The number of fused-ring (bicyclic) bond motifs is 1. The molecule has 134 valence electrons. The lowest BCUT2D eigenvalue weighted by atomic mass is 10.1. The van der Waals surface area contributed by atoms with Crippen molar-refractivity contribution in [1.82, 2.24) is 10.6 Å². The van der Waals surface area contributed by atoms with Gasteiger partial charge < -0.3 is 20.1 Å². The molecule has 0 aliphatic carbocycles. The van der Waals surface area contributed by atoms with Gasteiger partial charge in [-0.3, -0.25) is 4.99 Å². The summed E-state index contributed by atoms with van der Waals surface area (Å²) in [7, 11) is 0. The third-order valence-corrected chi connectivity index (χ3v) is 3.76. The number of hydrogen-bond acceptors (Lipinski definition) is 3. The molecule has 6 heteroatoms. The normalized spacial score (nSPS) is 14.3. The van der Waals surface area contributed by atoms with Crippen LogP contribution in [0.15, 0.2) is 17.1 Å². The van der Waals surface area contributed by atoms with Gasteiger partial charge in [-0.05, 0) is 43.4 Å². The Bertz CT molecular complexity index is 561. The van der Waals surface area contributed by atoms with E-state index in [-0.39, 0.29) is 12.6 Å². The van der Waals surface area contributed by atoms with Crippen molar-refractivity contribution in [3.05, 3.63) is 29.1 Å². The van der Waals surface area contributed by atoms with Crippen molar-refractivity contribution >= 4 is 5.96 Å². The Kier molecular flexibility index (Phi) is 7.31. The van der Waals surface area contributed by atoms with Crippen LogP contribution >= 0.6 is 0 Å². The zero-order valence-electron chi connectivity index (χ0n) is 14.8. The molecule has 0 unspecified atom stereocenters. The molecule has 2 rings (SSSR count). The van der Waals surface area contributed by atoms with Crippen LogP contribution in [0.2, 0.25) is 0 Å². The molecular weight excluding hydrogens is 309 g/mol. The minimum Gasteiger partial charge on any atom is -0.467 e. The molecule has 0 amide bonds. The first-order valence-electron chi connectivity index (χ1n) is 8.64. The van der Waals surface area contributed by atoms with E-state index in [0.717, 1.165) is 42.3 Å². The van der Waals surface area contributed by atoms with Crippen molar-refractivity contribution in [1.29, 1.82) is 0 Å². The van der Waals surface area contributed by atoms with Crippen LogP contribution in [-0.4, -0.2) is 32.4 Å². The second-order valence-electron chi connectivity index (χ2n) is 6.28. The Morgan fingerprint density at radius 2 is 2.17 bits per heavy atom. The van der Waals surface area contributed by atoms with Gasteiger partial charge in [0, 0.05) is 25.2 Å². The van der Waals surface area contributed by atoms with Crippen LogP contribution in [0.25, 0.3) is 0 Å². The molecule has 1 aliphatic heterocycles. The number of benzene rings is 1. The molecule has 2 N–H and O–H groups in total. The summed E-state index contributed by atoms with van der Waals surface area (Å²) in [5.41, 5.74) is 1.63. The molecule has 0 fully saturated rings. The summed E-state index contributed by atoms with van der Waals surface area (Å²) in [5.74, 6) is 1.93. The molecule has 24 heavy (non-hydrogen) atoms. The zero-order valence-corrected chi connectivity index (χ0v) is 14.8. The fourth-order valence-electron chi connectivity index (χ4n) is 2.53. The molecule has 0 saturated carbocycles. The number of rotatable bonds is 7. The van der Waals surface area contributed by atoms with E-state index in [1.165, 1.54) is 12.1 Å².